The Morgan fingerprint density at radius 1 is 1.00 bits per heavy atom. The zero-order valence-corrected chi connectivity index (χ0v) is 8.04. The van der Waals surface area contributed by atoms with Crippen LogP contribution in [-0.4, -0.2) is 41.0 Å². The fourth-order valence-electron chi connectivity index (χ4n) is 1.50. The molecule has 4 nitrogen and oxygen atoms in total. The van der Waals surface area contributed by atoms with Gasteiger partial charge in [-0.05, 0) is 12.8 Å². The van der Waals surface area contributed by atoms with Gasteiger partial charge in [-0.2, -0.15) is 0 Å². The fraction of sp³-hybridized carbons (Fsp3) is 0.778. The Hall–Kier alpha value is -0.463. The van der Waals surface area contributed by atoms with Gasteiger partial charge in [0.1, 0.15) is 0 Å². The molecule has 0 fully saturated rings. The first-order chi connectivity index (χ1) is 6.01. The maximum absolute atomic E-state index is 10.9. The predicted octanol–water partition coefficient (Wildman–Crippen LogP) is 1.09. The molecule has 0 saturated heterocycles. The van der Waals surface area contributed by atoms with Crippen LogP contribution in [0.5, 0.6) is 0 Å². The summed E-state index contributed by atoms with van der Waals surface area (Å²) in [7, 11) is 0. The van der Waals surface area contributed by atoms with Gasteiger partial charge < -0.3 is 10.2 Å². The van der Waals surface area contributed by atoms with Crippen molar-refractivity contribution in [1.82, 2.24) is 0 Å². The number of aliphatic carboxylic acids is 2. The van der Waals surface area contributed by atoms with Crippen LogP contribution < -0.4 is 0 Å². The molecule has 0 heterocycles. The SMILES string of the molecule is CCCC(CCC)(C(=O)O)C(=O)O.[LiH]. The summed E-state index contributed by atoms with van der Waals surface area (Å²) in [6.07, 6.45) is 1.54. The van der Waals surface area contributed by atoms with Crippen LogP contribution >= 0.6 is 0 Å². The van der Waals surface area contributed by atoms with Crippen molar-refractivity contribution >= 4 is 30.8 Å². The Kier molecular flexibility index (Phi) is 7.89. The number of carboxylic acids is 2. The molecular weight excluding hydrogens is 179 g/mol. The van der Waals surface area contributed by atoms with Gasteiger partial charge in [-0.15, -0.1) is 0 Å². The minimum absolute atomic E-state index is 0. The molecule has 0 aromatic rings. The molecule has 5 heteroatoms. The Labute approximate surface area is 95.9 Å². The summed E-state index contributed by atoms with van der Waals surface area (Å²) < 4.78 is 0. The zero-order chi connectivity index (χ0) is 10.5. The Bertz CT molecular complexity index is 181. The topological polar surface area (TPSA) is 74.6 Å². The molecule has 2 N–H and O–H groups in total. The number of hydrogen-bond acceptors (Lipinski definition) is 2. The van der Waals surface area contributed by atoms with E-state index >= 15 is 0 Å². The van der Waals surface area contributed by atoms with Gasteiger partial charge >= 0.3 is 30.8 Å². The predicted molar refractivity (Wildman–Crippen MR) is 54.7 cm³/mol. The summed E-state index contributed by atoms with van der Waals surface area (Å²) in [5.74, 6) is -2.44. The average Bonchev–Trinajstić information content (AvgIpc) is 2.03. The fourth-order valence-corrected chi connectivity index (χ4v) is 1.50. The van der Waals surface area contributed by atoms with Crippen LogP contribution in [0.15, 0.2) is 0 Å². The summed E-state index contributed by atoms with van der Waals surface area (Å²) in [5, 5.41) is 17.8. The van der Waals surface area contributed by atoms with Crippen LogP contribution in [0.25, 0.3) is 0 Å². The van der Waals surface area contributed by atoms with Crippen molar-refractivity contribution in [2.24, 2.45) is 5.41 Å². The monoisotopic (exact) mass is 196 g/mol. The molecule has 0 aliphatic heterocycles. The molecule has 0 bridgehead atoms. The molecule has 0 radical (unpaired) electrons. The van der Waals surface area contributed by atoms with E-state index in [9.17, 15) is 9.59 Å². The van der Waals surface area contributed by atoms with E-state index in [4.69, 9.17) is 10.2 Å². The molecule has 0 unspecified atom stereocenters. The third-order valence-corrected chi connectivity index (χ3v) is 2.17. The average molecular weight is 196 g/mol. The van der Waals surface area contributed by atoms with Crippen LogP contribution in [0.2, 0.25) is 0 Å². The number of carboxylic acid groups (broad SMARTS) is 2. The maximum atomic E-state index is 10.9. The van der Waals surface area contributed by atoms with E-state index in [-0.39, 0.29) is 31.7 Å². The van der Waals surface area contributed by atoms with Gasteiger partial charge in [0, 0.05) is 0 Å². The van der Waals surface area contributed by atoms with Crippen LogP contribution in [0.4, 0.5) is 0 Å². The first kappa shape index (κ1) is 16.0. The van der Waals surface area contributed by atoms with Gasteiger partial charge in [0.15, 0.2) is 5.41 Å². The molecule has 0 saturated carbocycles. The molecule has 0 atom stereocenters. The van der Waals surface area contributed by atoms with Gasteiger partial charge in [-0.1, -0.05) is 26.7 Å². The molecular formula is C9H17LiO4. The van der Waals surface area contributed by atoms with Gasteiger partial charge in [-0.25, -0.2) is 0 Å². The Morgan fingerprint density at radius 3 is 1.43 bits per heavy atom. The van der Waals surface area contributed by atoms with E-state index in [2.05, 4.69) is 0 Å². The third kappa shape index (κ3) is 3.36. The third-order valence-electron chi connectivity index (χ3n) is 2.17. The van der Waals surface area contributed by atoms with Crippen molar-refractivity contribution in [3.63, 3.8) is 0 Å². The van der Waals surface area contributed by atoms with Crippen molar-refractivity contribution < 1.29 is 19.8 Å². The van der Waals surface area contributed by atoms with Gasteiger partial charge in [0.05, 0.1) is 0 Å². The minimum atomic E-state index is -1.57. The van der Waals surface area contributed by atoms with Gasteiger partial charge in [0.2, 0.25) is 0 Å². The second-order valence-corrected chi connectivity index (χ2v) is 3.19. The van der Waals surface area contributed by atoms with Crippen molar-refractivity contribution in [3.8, 4) is 0 Å². The quantitative estimate of drug-likeness (QED) is 0.492. The zero-order valence-electron chi connectivity index (χ0n) is 8.04. The first-order valence-electron chi connectivity index (χ1n) is 4.48. The van der Waals surface area contributed by atoms with Crippen LogP contribution in [0, 0.1) is 5.41 Å². The van der Waals surface area contributed by atoms with E-state index in [1.165, 1.54) is 0 Å². The summed E-state index contributed by atoms with van der Waals surface area (Å²) in [4.78, 5) is 21.7. The Morgan fingerprint density at radius 2 is 1.29 bits per heavy atom. The summed E-state index contributed by atoms with van der Waals surface area (Å²) in [6.45, 7) is 3.58. The van der Waals surface area contributed by atoms with Crippen molar-refractivity contribution in [2.75, 3.05) is 0 Å². The van der Waals surface area contributed by atoms with Crippen LogP contribution in [0.1, 0.15) is 39.5 Å². The second-order valence-electron chi connectivity index (χ2n) is 3.19. The van der Waals surface area contributed by atoms with Crippen LogP contribution in [0.3, 0.4) is 0 Å². The second kappa shape index (κ2) is 6.91. The summed E-state index contributed by atoms with van der Waals surface area (Å²) in [6, 6.07) is 0. The van der Waals surface area contributed by atoms with Gasteiger partial charge in [-0.3, -0.25) is 9.59 Å². The molecule has 0 rings (SSSR count). The van der Waals surface area contributed by atoms with Gasteiger partial charge in [0.25, 0.3) is 0 Å². The summed E-state index contributed by atoms with van der Waals surface area (Å²) >= 11 is 0. The molecule has 0 aromatic carbocycles. The Balaban J connectivity index is 0. The number of rotatable bonds is 6. The molecule has 0 spiro atoms. The number of hydrogen-bond donors (Lipinski definition) is 2. The normalized spacial score (nSPS) is 10.4. The van der Waals surface area contributed by atoms with E-state index in [1.54, 1.807) is 13.8 Å². The van der Waals surface area contributed by atoms with E-state index in [1.807, 2.05) is 0 Å². The molecule has 0 aliphatic rings. The first-order valence-corrected chi connectivity index (χ1v) is 4.48. The van der Waals surface area contributed by atoms with Crippen molar-refractivity contribution in [2.45, 2.75) is 39.5 Å². The van der Waals surface area contributed by atoms with Crippen molar-refractivity contribution in [1.29, 1.82) is 0 Å². The molecule has 0 aliphatic carbocycles. The summed E-state index contributed by atoms with van der Waals surface area (Å²) in [5.41, 5.74) is -1.57. The van der Waals surface area contributed by atoms with E-state index in [0.29, 0.717) is 12.8 Å². The molecule has 0 amide bonds. The van der Waals surface area contributed by atoms with E-state index in [0.717, 1.165) is 0 Å². The molecule has 0 aromatic heterocycles. The van der Waals surface area contributed by atoms with Crippen LogP contribution in [-0.2, 0) is 9.59 Å². The van der Waals surface area contributed by atoms with Crippen molar-refractivity contribution in [3.05, 3.63) is 0 Å². The van der Waals surface area contributed by atoms with E-state index < -0.39 is 17.4 Å². The molecule has 14 heavy (non-hydrogen) atoms. The molecule has 78 valence electrons. The number of carbonyl (C=O) groups is 2. The standard InChI is InChI=1S/C9H16O4.Li.H/c1-3-5-9(6-4-2,7(10)11)8(12)13;;/h3-6H2,1-2H3,(H,10,11)(H,12,13);;.